The zero-order valence-corrected chi connectivity index (χ0v) is 7.00. The summed E-state index contributed by atoms with van der Waals surface area (Å²) in [5.41, 5.74) is 0.621. The molecule has 1 heterocycles. The van der Waals surface area contributed by atoms with Crippen LogP contribution in [-0.2, 0) is 4.79 Å². The van der Waals surface area contributed by atoms with Crippen LogP contribution in [0.3, 0.4) is 0 Å². The Balaban J connectivity index is 2.91. The molecule has 1 rings (SSSR count). The molecule has 0 aliphatic carbocycles. The van der Waals surface area contributed by atoms with E-state index in [1.165, 1.54) is 0 Å². The number of furan rings is 1. The summed E-state index contributed by atoms with van der Waals surface area (Å²) >= 11 is 0. The van der Waals surface area contributed by atoms with Gasteiger partial charge in [0.2, 0.25) is 0 Å². The van der Waals surface area contributed by atoms with E-state index < -0.39 is 5.97 Å². The summed E-state index contributed by atoms with van der Waals surface area (Å²) in [7, 11) is 0. The molecule has 0 saturated carbocycles. The Morgan fingerprint density at radius 1 is 1.58 bits per heavy atom. The van der Waals surface area contributed by atoms with E-state index >= 15 is 0 Å². The van der Waals surface area contributed by atoms with Gasteiger partial charge in [0.15, 0.2) is 0 Å². The average molecular weight is 166 g/mol. The molecule has 0 aromatic carbocycles. The summed E-state index contributed by atoms with van der Waals surface area (Å²) in [5.74, 6) is 0.430. The van der Waals surface area contributed by atoms with E-state index in [-0.39, 0.29) is 0 Å². The Bertz CT molecular complexity index is 320. The minimum absolute atomic E-state index is 0.606. The molecule has 3 nitrogen and oxygen atoms in total. The lowest BCUT2D eigenvalue weighted by Crippen LogP contribution is -1.88. The predicted octanol–water partition coefficient (Wildman–Crippen LogP) is 2.08. The molecular weight excluding hydrogens is 156 g/mol. The van der Waals surface area contributed by atoms with Crippen LogP contribution in [0.5, 0.6) is 0 Å². The van der Waals surface area contributed by atoms with E-state index in [9.17, 15) is 4.79 Å². The monoisotopic (exact) mass is 166 g/mol. The molecule has 1 aromatic heterocycles. The van der Waals surface area contributed by atoms with Gasteiger partial charge in [-0.15, -0.1) is 0 Å². The van der Waals surface area contributed by atoms with Crippen molar-refractivity contribution in [3.8, 4) is 0 Å². The standard InChI is InChI=1S/C9H10O3/c1-6(5-9(10)11)8-4-3-7(2)12-8/h3-5H,1-2H3,(H,10,11)/b6-5+. The van der Waals surface area contributed by atoms with E-state index in [4.69, 9.17) is 9.52 Å². The third kappa shape index (κ3) is 1.99. The third-order valence-corrected chi connectivity index (χ3v) is 1.47. The zero-order chi connectivity index (χ0) is 9.14. The van der Waals surface area contributed by atoms with Crippen molar-refractivity contribution in [2.75, 3.05) is 0 Å². The first kappa shape index (κ1) is 8.59. The van der Waals surface area contributed by atoms with Crippen molar-refractivity contribution >= 4 is 11.5 Å². The summed E-state index contributed by atoms with van der Waals surface area (Å²) in [4.78, 5) is 10.3. The van der Waals surface area contributed by atoms with Crippen molar-refractivity contribution in [3.05, 3.63) is 29.7 Å². The lowest BCUT2D eigenvalue weighted by Gasteiger charge is -1.92. The number of hydrogen-bond acceptors (Lipinski definition) is 2. The van der Waals surface area contributed by atoms with Crippen molar-refractivity contribution in [1.29, 1.82) is 0 Å². The zero-order valence-electron chi connectivity index (χ0n) is 7.00. The molecular formula is C9H10O3. The molecule has 0 radical (unpaired) electrons. The van der Waals surface area contributed by atoms with Gasteiger partial charge in [0.1, 0.15) is 11.5 Å². The Morgan fingerprint density at radius 2 is 2.25 bits per heavy atom. The summed E-state index contributed by atoms with van der Waals surface area (Å²) in [6, 6.07) is 3.55. The molecule has 0 amide bonds. The minimum atomic E-state index is -0.957. The minimum Gasteiger partial charge on any atom is -0.478 e. The predicted molar refractivity (Wildman–Crippen MR) is 44.7 cm³/mol. The Hall–Kier alpha value is -1.51. The number of allylic oxidation sites excluding steroid dienone is 1. The normalized spacial score (nSPS) is 11.7. The molecule has 0 unspecified atom stereocenters. The maximum absolute atomic E-state index is 10.3. The van der Waals surface area contributed by atoms with Crippen LogP contribution < -0.4 is 0 Å². The van der Waals surface area contributed by atoms with Gasteiger partial charge in [-0.2, -0.15) is 0 Å². The van der Waals surface area contributed by atoms with Gasteiger partial charge >= 0.3 is 5.97 Å². The summed E-state index contributed by atoms with van der Waals surface area (Å²) in [6.07, 6.45) is 1.12. The number of aryl methyl sites for hydroxylation is 1. The van der Waals surface area contributed by atoms with E-state index in [1.807, 2.05) is 6.92 Å². The highest BCUT2D eigenvalue weighted by molar-refractivity contribution is 5.88. The van der Waals surface area contributed by atoms with Gasteiger partial charge in [-0.3, -0.25) is 0 Å². The van der Waals surface area contributed by atoms with Gasteiger partial charge in [0.05, 0.1) is 0 Å². The molecule has 0 aliphatic rings. The van der Waals surface area contributed by atoms with Crippen LogP contribution in [0.1, 0.15) is 18.4 Å². The van der Waals surface area contributed by atoms with Gasteiger partial charge < -0.3 is 9.52 Å². The average Bonchev–Trinajstić information content (AvgIpc) is 2.34. The molecule has 3 heteroatoms. The smallest absolute Gasteiger partial charge is 0.328 e. The summed E-state index contributed by atoms with van der Waals surface area (Å²) < 4.78 is 5.21. The van der Waals surface area contributed by atoms with E-state index in [0.717, 1.165) is 11.8 Å². The van der Waals surface area contributed by atoms with Crippen molar-refractivity contribution in [3.63, 3.8) is 0 Å². The van der Waals surface area contributed by atoms with Crippen LogP contribution in [0.2, 0.25) is 0 Å². The van der Waals surface area contributed by atoms with Crippen molar-refractivity contribution in [2.45, 2.75) is 13.8 Å². The number of carboxylic acids is 1. The van der Waals surface area contributed by atoms with Crippen LogP contribution in [0.4, 0.5) is 0 Å². The Labute approximate surface area is 70.3 Å². The lowest BCUT2D eigenvalue weighted by atomic mass is 10.2. The highest BCUT2D eigenvalue weighted by Crippen LogP contribution is 2.16. The largest absolute Gasteiger partial charge is 0.478 e. The van der Waals surface area contributed by atoms with E-state index in [0.29, 0.717) is 11.3 Å². The molecule has 0 spiro atoms. The number of carbonyl (C=O) groups is 1. The van der Waals surface area contributed by atoms with Crippen LogP contribution in [0.25, 0.3) is 5.57 Å². The van der Waals surface area contributed by atoms with Crippen molar-refractivity contribution in [1.82, 2.24) is 0 Å². The molecule has 0 aliphatic heterocycles. The molecule has 1 N–H and O–H groups in total. The fourth-order valence-electron chi connectivity index (χ4n) is 0.903. The first-order valence-electron chi connectivity index (χ1n) is 3.57. The van der Waals surface area contributed by atoms with E-state index in [1.54, 1.807) is 19.1 Å². The molecule has 1 aromatic rings. The lowest BCUT2D eigenvalue weighted by molar-refractivity contribution is -0.131. The molecule has 12 heavy (non-hydrogen) atoms. The number of aliphatic carboxylic acids is 1. The maximum Gasteiger partial charge on any atom is 0.328 e. The van der Waals surface area contributed by atoms with Crippen LogP contribution in [-0.4, -0.2) is 11.1 Å². The third-order valence-electron chi connectivity index (χ3n) is 1.47. The van der Waals surface area contributed by atoms with Gasteiger partial charge in [-0.1, -0.05) is 0 Å². The van der Waals surface area contributed by atoms with Crippen LogP contribution in [0.15, 0.2) is 22.6 Å². The highest BCUT2D eigenvalue weighted by Gasteiger charge is 2.01. The van der Waals surface area contributed by atoms with Gasteiger partial charge in [-0.25, -0.2) is 4.79 Å². The molecule has 0 atom stereocenters. The van der Waals surface area contributed by atoms with E-state index in [2.05, 4.69) is 0 Å². The topological polar surface area (TPSA) is 50.4 Å². The number of hydrogen-bond donors (Lipinski definition) is 1. The molecule has 0 saturated heterocycles. The maximum atomic E-state index is 10.3. The van der Waals surface area contributed by atoms with Gasteiger partial charge in [0, 0.05) is 6.08 Å². The second kappa shape index (κ2) is 3.26. The Kier molecular flexibility index (Phi) is 2.33. The second-order valence-corrected chi connectivity index (χ2v) is 2.58. The van der Waals surface area contributed by atoms with Gasteiger partial charge in [0.25, 0.3) is 0 Å². The fraction of sp³-hybridized carbons (Fsp3) is 0.222. The SMILES string of the molecule is C/C(=C\C(=O)O)c1ccc(C)o1. The first-order valence-corrected chi connectivity index (χ1v) is 3.57. The Morgan fingerprint density at radius 3 is 2.67 bits per heavy atom. The summed E-state index contributed by atoms with van der Waals surface area (Å²) in [5, 5.41) is 8.43. The van der Waals surface area contributed by atoms with Crippen LogP contribution in [0, 0.1) is 6.92 Å². The summed E-state index contributed by atoms with van der Waals surface area (Å²) in [6.45, 7) is 3.52. The van der Waals surface area contributed by atoms with Crippen molar-refractivity contribution < 1.29 is 14.3 Å². The van der Waals surface area contributed by atoms with Crippen molar-refractivity contribution in [2.24, 2.45) is 0 Å². The number of carboxylic acid groups (broad SMARTS) is 1. The molecule has 64 valence electrons. The van der Waals surface area contributed by atoms with Gasteiger partial charge in [-0.05, 0) is 31.6 Å². The first-order chi connectivity index (χ1) is 5.59. The van der Waals surface area contributed by atoms with Crippen LogP contribution >= 0.6 is 0 Å². The molecule has 0 bridgehead atoms. The number of rotatable bonds is 2. The highest BCUT2D eigenvalue weighted by atomic mass is 16.4. The second-order valence-electron chi connectivity index (χ2n) is 2.58. The molecule has 0 fully saturated rings. The quantitative estimate of drug-likeness (QED) is 0.684. The fourth-order valence-corrected chi connectivity index (χ4v) is 0.903.